The lowest BCUT2D eigenvalue weighted by Crippen LogP contribution is -2.53. The fourth-order valence-corrected chi connectivity index (χ4v) is 16.0. The third kappa shape index (κ3) is 33.9. The molecule has 0 saturated carbocycles. The van der Waals surface area contributed by atoms with Crippen LogP contribution in [-0.4, -0.2) is 198 Å². The average molecular weight is 1700 g/mol. The molecule has 0 radical (unpaired) electrons. The van der Waals surface area contributed by atoms with E-state index in [4.69, 9.17) is 0 Å². The summed E-state index contributed by atoms with van der Waals surface area (Å²) in [5, 5.41) is 74.5. The molecule has 0 fully saturated rings. The van der Waals surface area contributed by atoms with Crippen LogP contribution in [0.4, 0.5) is 0 Å². The highest BCUT2D eigenvalue weighted by molar-refractivity contribution is 5.98. The third-order valence-corrected chi connectivity index (χ3v) is 23.9. The summed E-state index contributed by atoms with van der Waals surface area (Å²) in [7, 11) is 5.79. The largest absolute Gasteiger partial charge is 0.507 e. The number of ketones is 4. The second-order valence-electron chi connectivity index (χ2n) is 33.9. The van der Waals surface area contributed by atoms with Crippen molar-refractivity contribution in [1.82, 2.24) is 40.9 Å². The van der Waals surface area contributed by atoms with Crippen molar-refractivity contribution in [2.45, 2.75) is 341 Å². The summed E-state index contributed by atoms with van der Waals surface area (Å²) in [5.41, 5.74) is 3.45. The van der Waals surface area contributed by atoms with Crippen molar-refractivity contribution >= 4 is 70.4 Å². The Bertz CT molecular complexity index is 4050. The number of nitrogens with one attached hydrogen (secondary N) is 4. The van der Waals surface area contributed by atoms with Gasteiger partial charge in [-0.1, -0.05) is 199 Å². The van der Waals surface area contributed by atoms with E-state index >= 15 is 0 Å². The number of unbranched alkanes of at least 4 members (excludes halogenated alkanes) is 24. The van der Waals surface area contributed by atoms with Crippen LogP contribution in [0.1, 0.15) is 314 Å². The third-order valence-electron chi connectivity index (χ3n) is 23.9. The fraction of sp³-hybridized carbons (Fsp3) is 0.625. The van der Waals surface area contributed by atoms with Gasteiger partial charge in [-0.2, -0.15) is 0 Å². The van der Waals surface area contributed by atoms with Gasteiger partial charge in [-0.25, -0.2) is 0 Å². The van der Waals surface area contributed by atoms with Crippen LogP contribution in [0, 0.1) is 5.92 Å². The number of aromatic hydroxyl groups is 4. The van der Waals surface area contributed by atoms with Crippen molar-refractivity contribution in [1.29, 1.82) is 0 Å². The molecule has 9 atom stereocenters. The molecule has 26 nitrogen and oxygen atoms in total. The van der Waals surface area contributed by atoms with Crippen LogP contribution in [0.15, 0.2) is 72.8 Å². The molecule has 26 heteroatoms. The topological polar surface area (TPSA) is 387 Å². The Morgan fingerprint density at radius 3 is 1.08 bits per heavy atom. The quantitative estimate of drug-likeness (QED) is 0.0184. The molecule has 0 unspecified atom stereocenters. The molecule has 4 aromatic carbocycles. The molecule has 2 heterocycles. The first kappa shape index (κ1) is 103. The summed E-state index contributed by atoms with van der Waals surface area (Å²) in [5.74, 6) is -6.58. The molecule has 0 saturated heterocycles. The van der Waals surface area contributed by atoms with Gasteiger partial charge < -0.3 is 71.5 Å². The first-order valence-corrected chi connectivity index (χ1v) is 45.2. The summed E-state index contributed by atoms with van der Waals surface area (Å²) in [6, 6.07) is 11.4. The smallest absolute Gasteiger partial charge is 0.245 e. The van der Waals surface area contributed by atoms with Gasteiger partial charge >= 0.3 is 0 Å². The Morgan fingerprint density at radius 2 is 0.730 bits per heavy atom. The van der Waals surface area contributed by atoms with Gasteiger partial charge in [-0.05, 0) is 131 Å². The van der Waals surface area contributed by atoms with E-state index < -0.39 is 102 Å². The molecule has 4 aromatic rings. The maximum absolute atomic E-state index is 14.1. The minimum absolute atomic E-state index is 0.100. The number of rotatable bonds is 47. The van der Waals surface area contributed by atoms with Gasteiger partial charge in [0.25, 0.3) is 0 Å². The zero-order valence-electron chi connectivity index (χ0n) is 74.8. The maximum atomic E-state index is 14.1. The molecule has 122 heavy (non-hydrogen) atoms. The number of likely N-dealkylation sites (N-methyl/N-ethyl adjacent to an activating group) is 4. The summed E-state index contributed by atoms with van der Waals surface area (Å²) in [4.78, 5) is 165. The Balaban J connectivity index is 0.000000434. The number of carbonyl (C=O) groups excluding carboxylic acids is 12. The standard InChI is InChI=1S/C49H74N4O9.C47H70N4O9/c1-7-9-10-11-12-13-14-15-16-17-18-19-20-21-45(59)52(5)40(32-54)49(62)51-34(4)41(55)26-27-46(60)53(6)47-37-23-25-43(57)39(30-37)38-29-35(22-24-42(38)56)28-33(3)50-48(61)36(8-2)31-44(47)58;1-6-7-8-9-10-11-12-13-14-15-16-17-18-19-44(58)50(4)38(31-52)47(60)49-33(3)39(53)25-27-45(59)51(5)46-35-21-23-41(55)37(30-35)36-29-34(20-22-40(36)54)28-32(2)48-43(57)26-24-42(46)56/h22-25,29-30,33-34,36,40,47,54,56-57H,7-21,26-28,31-32H2,1-6H3,(H,50,61)(H,51,62);20-23,29-30,32-33,38,46,52,54-55H,6-19,24-28,31H2,1-5H3,(H,48,57)(H,49,60)/t33-,34-,36-,40-,47+;32-,33-,38-,46+/m11/s1. The van der Waals surface area contributed by atoms with Crippen LogP contribution in [-0.2, 0) is 70.4 Å². The van der Waals surface area contributed by atoms with E-state index in [0.717, 1.165) is 49.7 Å². The molecule has 0 aromatic heterocycles. The van der Waals surface area contributed by atoms with E-state index in [2.05, 4.69) is 35.1 Å². The van der Waals surface area contributed by atoms with Gasteiger partial charge in [-0.15, -0.1) is 0 Å². The van der Waals surface area contributed by atoms with Crippen LogP contribution >= 0.6 is 0 Å². The lowest BCUT2D eigenvalue weighted by Gasteiger charge is -2.30. The zero-order chi connectivity index (χ0) is 90.0. The van der Waals surface area contributed by atoms with Crippen molar-refractivity contribution < 1.29 is 88.2 Å². The predicted molar refractivity (Wildman–Crippen MR) is 473 cm³/mol. The Kier molecular flexibility index (Phi) is 46.3. The fourth-order valence-electron chi connectivity index (χ4n) is 16.0. The second kappa shape index (κ2) is 54.8. The van der Waals surface area contributed by atoms with Crippen LogP contribution in [0.3, 0.4) is 0 Å². The molecule has 2 aliphatic heterocycles. The van der Waals surface area contributed by atoms with E-state index in [9.17, 15) is 88.2 Å². The predicted octanol–water partition coefficient (Wildman–Crippen LogP) is 14.3. The van der Waals surface area contributed by atoms with Gasteiger partial charge in [0.1, 0.15) is 47.2 Å². The van der Waals surface area contributed by atoms with Gasteiger partial charge in [0, 0.05) is 126 Å². The molecule has 6 rings (SSSR count). The van der Waals surface area contributed by atoms with Crippen LogP contribution in [0.2, 0.25) is 0 Å². The van der Waals surface area contributed by atoms with Gasteiger partial charge in [-0.3, -0.25) is 57.5 Å². The first-order chi connectivity index (χ1) is 58.3. The number of hydrogen-bond acceptors (Lipinski definition) is 18. The Hall–Kier alpha value is -9.56. The summed E-state index contributed by atoms with van der Waals surface area (Å²) in [6.07, 6.45) is 30.9. The van der Waals surface area contributed by atoms with Crippen molar-refractivity contribution in [3.8, 4) is 45.3 Å². The minimum atomic E-state index is -1.19. The maximum Gasteiger partial charge on any atom is 0.245 e. The molecule has 0 spiro atoms. The number of fused-ring (bicyclic) bond motifs is 10. The van der Waals surface area contributed by atoms with Gasteiger partial charge in [0.15, 0.2) is 23.1 Å². The number of nitrogens with zero attached hydrogens (tertiary/aromatic N) is 4. The highest BCUT2D eigenvalue weighted by atomic mass is 16.3. The lowest BCUT2D eigenvalue weighted by molar-refractivity contribution is -0.142. The Morgan fingerprint density at radius 1 is 0.402 bits per heavy atom. The van der Waals surface area contributed by atoms with Crippen LogP contribution in [0.5, 0.6) is 23.0 Å². The van der Waals surface area contributed by atoms with E-state index in [1.165, 1.54) is 220 Å². The zero-order valence-corrected chi connectivity index (χ0v) is 74.8. The Labute approximate surface area is 724 Å². The number of carbonyl (C=O) groups is 12. The summed E-state index contributed by atoms with van der Waals surface area (Å²) in [6.45, 7) is 11.6. The number of aliphatic hydroxyl groups excluding tert-OH is 2. The molecule has 10 N–H and O–H groups in total. The number of Topliss-reactive ketones (excluding diaryl/α,β-unsaturated/α-hetero) is 4. The molecular formula is C96H144N8O18. The highest BCUT2D eigenvalue weighted by Crippen LogP contribution is 2.42. The van der Waals surface area contributed by atoms with Crippen LogP contribution < -0.4 is 21.3 Å². The van der Waals surface area contributed by atoms with Crippen molar-refractivity contribution in [2.24, 2.45) is 5.92 Å². The molecule has 8 amide bonds. The van der Waals surface area contributed by atoms with E-state index in [1.54, 1.807) is 30.3 Å². The lowest BCUT2D eigenvalue weighted by atomic mass is 9.88. The number of benzene rings is 4. The summed E-state index contributed by atoms with van der Waals surface area (Å²) < 4.78 is 0. The summed E-state index contributed by atoms with van der Waals surface area (Å²) >= 11 is 0. The van der Waals surface area contributed by atoms with Gasteiger partial charge in [0.2, 0.25) is 47.3 Å². The monoisotopic (exact) mass is 1700 g/mol. The second-order valence-corrected chi connectivity index (χ2v) is 33.9. The van der Waals surface area contributed by atoms with E-state index in [-0.39, 0.29) is 128 Å². The average Bonchev–Trinajstić information content (AvgIpc) is 0.793. The van der Waals surface area contributed by atoms with E-state index in [1.807, 2.05) is 20.8 Å². The number of aliphatic hydroxyl groups is 2. The van der Waals surface area contributed by atoms with Crippen molar-refractivity contribution in [3.05, 3.63) is 95.1 Å². The van der Waals surface area contributed by atoms with Crippen molar-refractivity contribution in [3.63, 3.8) is 0 Å². The SMILES string of the molecule is CCCCCCCCCCCCCCCC(=O)N(C)[C@H](CO)C(=O)N[C@H](C)C(=O)CCC(=O)N(C)[C@@H]1C(=O)CCC(=O)N[C@H](C)Cc2ccc(O)c(c2)-c2cc1ccc2O.CCCCCCCCCCCCCCCC(=O)N(C)[C@H](CO)C(=O)N[C@H](C)C(=O)CCC(=O)N(C)[C@@H]1C(=O)C[C@@H](CC)C(=O)N[C@H](C)Cc2ccc(O)c(c2)-c2cc1ccc2O. The van der Waals surface area contributed by atoms with Crippen molar-refractivity contribution in [2.75, 3.05) is 41.4 Å². The number of phenols is 4. The van der Waals surface area contributed by atoms with Gasteiger partial charge in [0.05, 0.1) is 25.3 Å². The molecule has 0 aliphatic carbocycles. The van der Waals surface area contributed by atoms with E-state index in [0.29, 0.717) is 54.4 Å². The molecule has 2 aliphatic rings. The number of phenolic OH excluding ortho intramolecular Hbond substituents is 4. The molecule has 676 valence electrons. The minimum Gasteiger partial charge on any atom is -0.507 e. The normalized spacial score (nSPS) is 17.1. The molecular weight excluding hydrogens is 1550 g/mol. The molecule has 8 bridgehead atoms. The first-order valence-electron chi connectivity index (χ1n) is 45.2. The number of hydrogen-bond donors (Lipinski definition) is 10. The number of amides is 8. The highest BCUT2D eigenvalue weighted by Gasteiger charge is 2.37. The van der Waals surface area contributed by atoms with Crippen LogP contribution in [0.25, 0.3) is 22.3 Å².